The molecule has 1 amide bonds. The summed E-state index contributed by atoms with van der Waals surface area (Å²) in [5.41, 5.74) is 14.8. The van der Waals surface area contributed by atoms with Gasteiger partial charge in [0.1, 0.15) is 34.5 Å². The molecule has 1 aliphatic carbocycles. The minimum Gasteiger partial charge on any atom is -0.507 e. The van der Waals surface area contributed by atoms with Crippen molar-refractivity contribution in [3.8, 4) is 57.0 Å². The number of benzene rings is 8. The Morgan fingerprint density at radius 2 is 0.827 bits per heavy atom. The lowest BCUT2D eigenvalue weighted by Gasteiger charge is -2.19. The fourth-order valence-electron chi connectivity index (χ4n) is 11.7. The number of carbonyl (C=O) groups excluding carboxylic acids is 1. The number of fused-ring (bicyclic) bond motifs is 13. The molecule has 0 radical (unpaired) electrons. The van der Waals surface area contributed by atoms with Crippen molar-refractivity contribution in [3.63, 3.8) is 0 Å². The minimum absolute atomic E-state index is 0.0253. The second-order valence-electron chi connectivity index (χ2n) is 22.2. The monoisotopic (exact) mass is 1070 g/mol. The molecule has 1 aliphatic rings. The van der Waals surface area contributed by atoms with E-state index in [1.807, 2.05) is 143 Å². The van der Waals surface area contributed by atoms with Crippen LogP contribution >= 0.6 is 0 Å². The van der Waals surface area contributed by atoms with Crippen LogP contribution in [-0.4, -0.2) is 48.0 Å². The summed E-state index contributed by atoms with van der Waals surface area (Å²) in [4.78, 5) is 24.9. The van der Waals surface area contributed by atoms with Gasteiger partial charge in [-0.3, -0.25) is 4.79 Å². The lowest BCUT2D eigenvalue weighted by Crippen LogP contribution is -2.13. The Hall–Kier alpha value is -9.15. The molecule has 0 fully saturated rings. The largest absolute Gasteiger partial charge is 0.507 e. The molecule has 81 heavy (non-hydrogen) atoms. The number of aryl methyl sites for hydroxylation is 4. The number of phenolic OH excluding ortho intramolecular Hbond substituents is 5. The Morgan fingerprint density at radius 1 is 0.444 bits per heavy atom. The summed E-state index contributed by atoms with van der Waals surface area (Å²) < 4.78 is 6.04. The number of pyridine rings is 2. The second kappa shape index (κ2) is 22.9. The van der Waals surface area contributed by atoms with E-state index in [4.69, 9.17) is 14.7 Å². The zero-order chi connectivity index (χ0) is 56.5. The van der Waals surface area contributed by atoms with Gasteiger partial charge in [-0.25, -0.2) is 9.97 Å². The second-order valence-corrected chi connectivity index (χ2v) is 22.2. The molecular formula is C71H67N3O7. The number of amides is 1. The number of anilines is 1. The number of phenols is 5. The standard InChI is InChI=1S/C71H67N3O7/c1-6-7-8-9-10-24-81-61-20-16-45(17-21-61)62-22-18-46-14-15-47-19-23-63(74-65(47)64(46)73-62)48-12-11-13-49(33-48)71(80)72-60-39-58-37-56-31-43(4)29-54(68(56)77)35-52-27-41(2)25-50(66(52)75)34-51-26-42(3)28-53(67(51)76)36-55-30-44(5)32-57(69(55)78)38-59(40-60)70(58)79/h11-23,25-33,39-40,75-79H,6-10,24,34-38H2,1-5H3,(H,72,80). The molecule has 0 atom stereocenters. The molecule has 0 saturated carbocycles. The Bertz CT molecular complexity index is 3930. The first-order valence-corrected chi connectivity index (χ1v) is 28.1. The van der Waals surface area contributed by atoms with Crippen LogP contribution in [0.2, 0.25) is 0 Å². The average molecular weight is 1070 g/mol. The van der Waals surface area contributed by atoms with Crippen molar-refractivity contribution in [1.82, 2.24) is 9.97 Å². The van der Waals surface area contributed by atoms with Gasteiger partial charge in [0.05, 0.1) is 29.0 Å². The number of aromatic hydroxyl groups is 5. The van der Waals surface area contributed by atoms with Gasteiger partial charge in [-0.2, -0.15) is 0 Å². The summed E-state index contributed by atoms with van der Waals surface area (Å²) in [5.74, 6) is 0.622. The molecular weight excluding hydrogens is 1010 g/mol. The molecule has 0 saturated heterocycles. The normalized spacial score (nSPS) is 12.4. The first-order valence-electron chi connectivity index (χ1n) is 28.1. The maximum atomic E-state index is 14.5. The number of hydrogen-bond acceptors (Lipinski definition) is 9. The van der Waals surface area contributed by atoms with Gasteiger partial charge < -0.3 is 35.6 Å². The zero-order valence-electron chi connectivity index (χ0n) is 46.6. The molecule has 2 aromatic heterocycles. The number of hydrogen-bond donors (Lipinski definition) is 6. The number of carbonyl (C=O) groups is 1. The molecule has 10 heteroatoms. The van der Waals surface area contributed by atoms with Gasteiger partial charge in [-0.05, 0) is 139 Å². The number of rotatable bonds is 11. The number of nitrogens with zero attached hydrogens (tertiary/aromatic N) is 2. The van der Waals surface area contributed by atoms with E-state index < -0.39 is 5.91 Å². The van der Waals surface area contributed by atoms with Gasteiger partial charge >= 0.3 is 0 Å². The van der Waals surface area contributed by atoms with E-state index in [-0.39, 0.29) is 60.9 Å². The van der Waals surface area contributed by atoms with Crippen LogP contribution in [0.4, 0.5) is 5.69 Å². The Balaban J connectivity index is 0.928. The average Bonchev–Trinajstić information content (AvgIpc) is 3.60. The molecule has 408 valence electrons. The van der Waals surface area contributed by atoms with Gasteiger partial charge in [0.15, 0.2) is 0 Å². The zero-order valence-corrected chi connectivity index (χ0v) is 46.6. The summed E-state index contributed by atoms with van der Waals surface area (Å²) in [6.45, 7) is 10.7. The third-order valence-electron chi connectivity index (χ3n) is 15.7. The Morgan fingerprint density at radius 3 is 1.25 bits per heavy atom. The van der Waals surface area contributed by atoms with E-state index in [0.717, 1.165) is 73.1 Å². The van der Waals surface area contributed by atoms with E-state index in [1.165, 1.54) is 25.7 Å². The van der Waals surface area contributed by atoms with E-state index in [1.54, 1.807) is 18.2 Å². The van der Waals surface area contributed by atoms with Crippen molar-refractivity contribution >= 4 is 33.4 Å². The van der Waals surface area contributed by atoms with Crippen molar-refractivity contribution in [1.29, 1.82) is 0 Å². The molecule has 0 unspecified atom stereocenters. The summed E-state index contributed by atoms with van der Waals surface area (Å²) in [6, 6.07) is 46.2. The predicted octanol–water partition coefficient (Wildman–Crippen LogP) is 15.7. The van der Waals surface area contributed by atoms with Crippen LogP contribution in [0.3, 0.4) is 0 Å². The lowest BCUT2D eigenvalue weighted by molar-refractivity contribution is 0.102. The van der Waals surface area contributed by atoms with Gasteiger partial charge in [-0.1, -0.05) is 140 Å². The van der Waals surface area contributed by atoms with Crippen molar-refractivity contribution in [3.05, 3.63) is 229 Å². The highest BCUT2D eigenvalue weighted by Gasteiger charge is 2.23. The number of aromatic nitrogens is 2. The van der Waals surface area contributed by atoms with Gasteiger partial charge in [0, 0.05) is 76.4 Å². The van der Waals surface area contributed by atoms with Crippen molar-refractivity contribution in [2.45, 2.75) is 98.8 Å². The number of ether oxygens (including phenoxy) is 1. The number of unbranched alkanes of at least 4 members (excludes halogenated alkanes) is 4. The number of nitrogens with one attached hydrogen (secondary N) is 1. The first-order chi connectivity index (χ1) is 39.1. The minimum atomic E-state index is -0.391. The van der Waals surface area contributed by atoms with Gasteiger partial charge in [-0.15, -0.1) is 0 Å². The van der Waals surface area contributed by atoms with Crippen LogP contribution < -0.4 is 10.1 Å². The SMILES string of the molecule is CCCCCCCOc1ccc(-c2ccc3ccc4ccc(-c5cccc(C(=O)Nc6cc7c(O)c(c6)Cc6cc(C)cc(c6O)Cc6cc(C)cc(c6O)Cc6cc(C)cc(c6O)Cc6cc(C)cc(c6O)C7)c5)nc4c3n2)cc1. The molecule has 0 spiro atoms. The molecule has 10 aromatic rings. The van der Waals surface area contributed by atoms with E-state index >= 15 is 0 Å². The van der Waals surface area contributed by atoms with Gasteiger partial charge in [0.25, 0.3) is 5.91 Å². The summed E-state index contributed by atoms with van der Waals surface area (Å²) in [5, 5.41) is 65.1. The summed E-state index contributed by atoms with van der Waals surface area (Å²) in [7, 11) is 0. The topological polar surface area (TPSA) is 165 Å². The molecule has 0 aliphatic heterocycles. The summed E-state index contributed by atoms with van der Waals surface area (Å²) in [6.07, 6.45) is 6.83. The van der Waals surface area contributed by atoms with Crippen molar-refractivity contribution in [2.75, 3.05) is 11.9 Å². The third kappa shape index (κ3) is 11.6. The van der Waals surface area contributed by atoms with Crippen LogP contribution in [0.5, 0.6) is 34.5 Å². The van der Waals surface area contributed by atoms with Crippen LogP contribution in [0.15, 0.2) is 146 Å². The molecule has 10 bridgehead atoms. The maximum Gasteiger partial charge on any atom is 0.255 e. The van der Waals surface area contributed by atoms with E-state index in [0.29, 0.717) is 79.2 Å². The molecule has 6 N–H and O–H groups in total. The fourth-order valence-corrected chi connectivity index (χ4v) is 11.7. The summed E-state index contributed by atoms with van der Waals surface area (Å²) >= 11 is 0. The fraction of sp³-hybridized carbons (Fsp3) is 0.225. The highest BCUT2D eigenvalue weighted by molar-refractivity contribution is 6.06. The highest BCUT2D eigenvalue weighted by atomic mass is 16.5. The van der Waals surface area contributed by atoms with E-state index in [2.05, 4.69) is 24.4 Å². The van der Waals surface area contributed by atoms with Crippen LogP contribution in [-0.2, 0) is 32.1 Å². The van der Waals surface area contributed by atoms with Crippen LogP contribution in [0.1, 0.15) is 127 Å². The molecule has 11 rings (SSSR count). The van der Waals surface area contributed by atoms with Gasteiger partial charge in [0.2, 0.25) is 0 Å². The first kappa shape index (κ1) is 53.8. The van der Waals surface area contributed by atoms with Crippen molar-refractivity contribution in [2.24, 2.45) is 0 Å². The predicted molar refractivity (Wildman–Crippen MR) is 324 cm³/mol. The molecule has 8 aromatic carbocycles. The Labute approximate surface area is 473 Å². The smallest absolute Gasteiger partial charge is 0.255 e. The van der Waals surface area contributed by atoms with Crippen LogP contribution in [0, 0.1) is 27.7 Å². The van der Waals surface area contributed by atoms with Crippen LogP contribution in [0.25, 0.3) is 44.3 Å². The Kier molecular flexibility index (Phi) is 15.2. The molecule has 10 nitrogen and oxygen atoms in total. The molecule has 2 heterocycles. The third-order valence-corrected chi connectivity index (χ3v) is 15.7. The highest BCUT2D eigenvalue weighted by Crippen LogP contribution is 2.41. The quantitative estimate of drug-likeness (QED) is 0.0420. The lowest BCUT2D eigenvalue weighted by atomic mass is 9.89. The van der Waals surface area contributed by atoms with Crippen molar-refractivity contribution < 1.29 is 35.1 Å². The maximum absolute atomic E-state index is 14.5. The van der Waals surface area contributed by atoms with E-state index in [9.17, 15) is 30.3 Å².